The summed E-state index contributed by atoms with van der Waals surface area (Å²) in [5.74, 6) is 0.558. The van der Waals surface area contributed by atoms with Crippen molar-refractivity contribution in [1.82, 2.24) is 15.1 Å². The van der Waals surface area contributed by atoms with Crippen molar-refractivity contribution >= 4 is 12.0 Å². The first-order valence-corrected chi connectivity index (χ1v) is 9.95. The van der Waals surface area contributed by atoms with E-state index in [9.17, 15) is 4.79 Å². The molecule has 4 atom stereocenters. The second kappa shape index (κ2) is 6.64. The molecule has 0 aromatic carbocycles. The zero-order valence-electron chi connectivity index (χ0n) is 15.7. The van der Waals surface area contributed by atoms with Crippen molar-refractivity contribution in [2.24, 2.45) is 16.8 Å². The summed E-state index contributed by atoms with van der Waals surface area (Å²) in [7, 11) is 2.18. The van der Waals surface area contributed by atoms with E-state index in [1.807, 2.05) is 6.08 Å². The van der Waals surface area contributed by atoms with Gasteiger partial charge in [0.05, 0.1) is 17.7 Å². The number of fused-ring (bicyclic) bond motifs is 2. The number of rotatable bonds is 2. The molecule has 4 unspecified atom stereocenters. The van der Waals surface area contributed by atoms with Crippen LogP contribution in [0, 0.1) is 11.8 Å². The molecule has 0 bridgehead atoms. The first-order valence-electron chi connectivity index (χ1n) is 9.95. The molecule has 1 fully saturated rings. The maximum Gasteiger partial charge on any atom is 0.188 e. The smallest absolute Gasteiger partial charge is 0.188 e. The van der Waals surface area contributed by atoms with E-state index in [1.54, 1.807) is 6.21 Å². The number of dihydropyridines is 1. The minimum absolute atomic E-state index is 0.0980. The molecule has 5 nitrogen and oxygen atoms in total. The quantitative estimate of drug-likeness (QED) is 0.812. The third kappa shape index (κ3) is 2.90. The molecule has 0 spiro atoms. The van der Waals surface area contributed by atoms with Crippen LogP contribution in [0.15, 0.2) is 64.5 Å². The first-order chi connectivity index (χ1) is 13.2. The maximum atomic E-state index is 13.0. The van der Waals surface area contributed by atoms with Gasteiger partial charge in [-0.25, -0.2) is 0 Å². The fraction of sp³-hybridized carbons (Fsp3) is 0.455. The molecule has 0 aromatic heterocycles. The molecule has 0 saturated carbocycles. The van der Waals surface area contributed by atoms with Crippen LogP contribution in [-0.4, -0.2) is 67.1 Å². The second-order valence-electron chi connectivity index (χ2n) is 8.06. The number of nitrogens with zero attached hydrogens (tertiary/aromatic N) is 3. The minimum Gasteiger partial charge on any atom is -0.377 e. The predicted molar refractivity (Wildman–Crippen MR) is 107 cm³/mol. The third-order valence-corrected chi connectivity index (χ3v) is 6.35. The van der Waals surface area contributed by atoms with Crippen molar-refractivity contribution in [3.63, 3.8) is 0 Å². The monoisotopic (exact) mass is 362 g/mol. The summed E-state index contributed by atoms with van der Waals surface area (Å²) in [6.07, 6.45) is 17.8. The molecule has 0 amide bonds. The lowest BCUT2D eigenvalue weighted by atomic mass is 9.86. The Morgan fingerprint density at radius 2 is 2.00 bits per heavy atom. The number of carbonyl (C=O) groups excluding carboxylic acids is 1. The number of likely N-dealkylation sites (N-methyl/N-ethyl adjacent to an activating group) is 1. The van der Waals surface area contributed by atoms with Crippen LogP contribution in [0.25, 0.3) is 0 Å². The van der Waals surface area contributed by atoms with Crippen LogP contribution in [0.4, 0.5) is 0 Å². The van der Waals surface area contributed by atoms with E-state index >= 15 is 0 Å². The molecular weight excluding hydrogens is 336 g/mol. The Balaban J connectivity index is 1.39. The van der Waals surface area contributed by atoms with Crippen LogP contribution >= 0.6 is 0 Å². The van der Waals surface area contributed by atoms with Gasteiger partial charge < -0.3 is 15.1 Å². The Morgan fingerprint density at radius 3 is 2.78 bits per heavy atom. The van der Waals surface area contributed by atoms with Gasteiger partial charge in [-0.3, -0.25) is 9.79 Å². The van der Waals surface area contributed by atoms with Gasteiger partial charge in [0, 0.05) is 55.6 Å². The Hall–Kier alpha value is -2.40. The lowest BCUT2D eigenvalue weighted by molar-refractivity contribution is -0.116. The van der Waals surface area contributed by atoms with Gasteiger partial charge in [0.1, 0.15) is 0 Å². The Labute approximate surface area is 160 Å². The van der Waals surface area contributed by atoms with Gasteiger partial charge in [-0.2, -0.15) is 0 Å². The highest BCUT2D eigenvalue weighted by Gasteiger charge is 2.42. The van der Waals surface area contributed by atoms with E-state index in [1.165, 1.54) is 5.70 Å². The van der Waals surface area contributed by atoms with E-state index in [0.29, 0.717) is 0 Å². The van der Waals surface area contributed by atoms with Crippen molar-refractivity contribution in [2.45, 2.75) is 18.5 Å². The summed E-state index contributed by atoms with van der Waals surface area (Å²) in [5, 5.41) is 3.59. The standard InChI is InChI=1S/C22H26N4O/c1-25-9-11-26(12-10-25)16-7-8-19-17(13-16)21-18(14-23-19)22(27)20(24-21)15-5-3-2-4-6-15/h2-5,7-8,13-15,17,19-20,24H,6,9-12H2,1H3. The molecule has 5 aliphatic rings. The van der Waals surface area contributed by atoms with Gasteiger partial charge >= 0.3 is 0 Å². The minimum atomic E-state index is -0.159. The lowest BCUT2D eigenvalue weighted by Gasteiger charge is -2.37. The summed E-state index contributed by atoms with van der Waals surface area (Å²) in [4.78, 5) is 22.5. The first kappa shape index (κ1) is 16.8. The van der Waals surface area contributed by atoms with E-state index in [-0.39, 0.29) is 29.7 Å². The average Bonchev–Trinajstić information content (AvgIpc) is 3.06. The van der Waals surface area contributed by atoms with Gasteiger partial charge in [-0.05, 0) is 25.6 Å². The number of carbonyl (C=O) groups is 1. The molecule has 3 heterocycles. The zero-order valence-corrected chi connectivity index (χ0v) is 15.7. The van der Waals surface area contributed by atoms with Gasteiger partial charge in [-0.1, -0.05) is 30.4 Å². The van der Waals surface area contributed by atoms with E-state index < -0.39 is 0 Å². The number of nitrogens with one attached hydrogen (secondary N) is 1. The van der Waals surface area contributed by atoms with Crippen molar-refractivity contribution in [2.75, 3.05) is 33.2 Å². The Kier molecular flexibility index (Phi) is 4.12. The normalized spacial score (nSPS) is 35.2. The highest BCUT2D eigenvalue weighted by Crippen LogP contribution is 2.36. The van der Waals surface area contributed by atoms with Crippen molar-refractivity contribution in [3.8, 4) is 0 Å². The van der Waals surface area contributed by atoms with Gasteiger partial charge in [0.25, 0.3) is 0 Å². The Morgan fingerprint density at radius 1 is 1.15 bits per heavy atom. The number of hydrogen-bond acceptors (Lipinski definition) is 5. The molecule has 2 aliphatic carbocycles. The number of Topliss-reactive ketones (excluding diaryl/α,β-unsaturated/α-hetero) is 1. The van der Waals surface area contributed by atoms with Crippen LogP contribution in [0.2, 0.25) is 0 Å². The molecular formula is C22H26N4O. The number of allylic oxidation sites excluding steroid dienone is 4. The molecule has 0 radical (unpaired) electrons. The molecule has 0 aromatic rings. The maximum absolute atomic E-state index is 13.0. The van der Waals surface area contributed by atoms with Crippen molar-refractivity contribution < 1.29 is 4.79 Å². The molecule has 1 saturated heterocycles. The number of ketones is 1. The third-order valence-electron chi connectivity index (χ3n) is 6.35. The zero-order chi connectivity index (χ0) is 18.4. The van der Waals surface area contributed by atoms with E-state index in [0.717, 1.165) is 43.9 Å². The average molecular weight is 362 g/mol. The highest BCUT2D eigenvalue weighted by atomic mass is 16.1. The number of hydrogen-bond donors (Lipinski definition) is 1. The number of aliphatic imine (C=N–C) groups is 1. The molecule has 5 heteroatoms. The van der Waals surface area contributed by atoms with Crippen molar-refractivity contribution in [3.05, 3.63) is 59.5 Å². The fourth-order valence-corrected chi connectivity index (χ4v) is 4.66. The summed E-state index contributed by atoms with van der Waals surface area (Å²) in [6, 6.07) is -0.0615. The van der Waals surface area contributed by atoms with Gasteiger partial charge in [0.15, 0.2) is 5.78 Å². The predicted octanol–water partition coefficient (Wildman–Crippen LogP) is 1.68. The van der Waals surface area contributed by atoms with Gasteiger partial charge in [0.2, 0.25) is 0 Å². The van der Waals surface area contributed by atoms with Gasteiger partial charge in [-0.15, -0.1) is 0 Å². The molecule has 5 rings (SSSR count). The van der Waals surface area contributed by atoms with Crippen LogP contribution in [0.5, 0.6) is 0 Å². The lowest BCUT2D eigenvalue weighted by Crippen LogP contribution is -2.44. The molecule has 1 N–H and O–H groups in total. The number of piperazine rings is 1. The fourth-order valence-electron chi connectivity index (χ4n) is 4.66. The summed E-state index contributed by atoms with van der Waals surface area (Å²) in [5.41, 5.74) is 3.13. The Bertz CT molecular complexity index is 823. The molecule has 140 valence electrons. The topological polar surface area (TPSA) is 47.9 Å². The largest absolute Gasteiger partial charge is 0.377 e. The van der Waals surface area contributed by atoms with Crippen molar-refractivity contribution in [1.29, 1.82) is 0 Å². The molecule has 27 heavy (non-hydrogen) atoms. The highest BCUT2D eigenvalue weighted by molar-refractivity contribution is 6.19. The second-order valence-corrected chi connectivity index (χ2v) is 8.06. The van der Waals surface area contributed by atoms with Crippen LogP contribution in [0.1, 0.15) is 6.42 Å². The molecule has 3 aliphatic heterocycles. The summed E-state index contributed by atoms with van der Waals surface area (Å²) < 4.78 is 0. The summed E-state index contributed by atoms with van der Waals surface area (Å²) >= 11 is 0. The van der Waals surface area contributed by atoms with Crippen LogP contribution in [-0.2, 0) is 4.79 Å². The SMILES string of the molecule is CN1CCN(C2=CC3C4=C(C=NC3C=C2)C(=O)C(C2C=CC=CC2)N4)CC1. The van der Waals surface area contributed by atoms with Crippen LogP contribution < -0.4 is 5.32 Å². The van der Waals surface area contributed by atoms with Crippen LogP contribution in [0.3, 0.4) is 0 Å². The van der Waals surface area contributed by atoms with E-state index in [4.69, 9.17) is 0 Å². The summed E-state index contributed by atoms with van der Waals surface area (Å²) in [6.45, 7) is 4.28. The van der Waals surface area contributed by atoms with E-state index in [2.05, 4.69) is 63.6 Å².